The average Bonchev–Trinajstić information content (AvgIpc) is 2.92. The van der Waals surface area contributed by atoms with Crippen LogP contribution in [0.1, 0.15) is 36.7 Å². The molecule has 6 heteroatoms. The van der Waals surface area contributed by atoms with Crippen molar-refractivity contribution in [3.8, 4) is 11.5 Å². The number of nitrogens with two attached hydrogens (primary N) is 1. The minimum absolute atomic E-state index is 0.0207. The fourth-order valence-electron chi connectivity index (χ4n) is 2.83. The molecule has 1 heterocycles. The first-order chi connectivity index (χ1) is 11.6. The molecule has 6 nitrogen and oxygen atoms in total. The lowest BCUT2D eigenvalue weighted by molar-refractivity contribution is 0.266. The lowest BCUT2D eigenvalue weighted by Gasteiger charge is -2.19. The van der Waals surface area contributed by atoms with E-state index in [0.29, 0.717) is 26.3 Å². The van der Waals surface area contributed by atoms with E-state index in [0.717, 1.165) is 28.5 Å². The molecule has 3 N–H and O–H groups in total. The van der Waals surface area contributed by atoms with Crippen molar-refractivity contribution in [1.29, 1.82) is 0 Å². The molecule has 24 heavy (non-hydrogen) atoms. The van der Waals surface area contributed by atoms with E-state index in [1.165, 1.54) is 0 Å². The summed E-state index contributed by atoms with van der Waals surface area (Å²) in [7, 11) is 0. The number of aliphatic hydroxyl groups is 1. The molecule has 0 bridgehead atoms. The lowest BCUT2D eigenvalue weighted by Crippen LogP contribution is -2.19. The molecule has 0 amide bonds. The fraction of sp³-hybridized carbons (Fsp3) is 0.500. The Balaban J connectivity index is 2.41. The summed E-state index contributed by atoms with van der Waals surface area (Å²) >= 11 is 0. The summed E-state index contributed by atoms with van der Waals surface area (Å²) in [5, 5.41) is 13.7. The Morgan fingerprint density at radius 3 is 2.50 bits per heavy atom. The molecule has 1 aromatic carbocycles. The van der Waals surface area contributed by atoms with E-state index in [4.69, 9.17) is 15.2 Å². The standard InChI is InChI=1S/C18H27N3O3/c1-4-23-17-7-6-14(11-18(17)24-5-2)15(12-19)16-10-13(3)20-21(16)8-9-22/h6-7,10-11,15,22H,4-5,8-9,12,19H2,1-3H3. The third kappa shape index (κ3) is 4.07. The Bertz CT molecular complexity index is 655. The monoisotopic (exact) mass is 333 g/mol. The van der Waals surface area contributed by atoms with E-state index in [-0.39, 0.29) is 12.5 Å². The molecule has 2 rings (SSSR count). The summed E-state index contributed by atoms with van der Waals surface area (Å²) in [6, 6.07) is 7.93. The predicted molar refractivity (Wildman–Crippen MR) is 93.7 cm³/mol. The van der Waals surface area contributed by atoms with Gasteiger partial charge >= 0.3 is 0 Å². The minimum atomic E-state index is -0.0207. The molecular formula is C18H27N3O3. The van der Waals surface area contributed by atoms with Crippen molar-refractivity contribution in [3.05, 3.63) is 41.2 Å². The molecule has 1 unspecified atom stereocenters. The molecule has 0 aliphatic rings. The summed E-state index contributed by atoms with van der Waals surface area (Å²) < 4.78 is 13.2. The van der Waals surface area contributed by atoms with Gasteiger partial charge in [-0.05, 0) is 44.5 Å². The Hall–Kier alpha value is -2.05. The zero-order valence-electron chi connectivity index (χ0n) is 14.7. The normalized spacial score (nSPS) is 12.2. The summed E-state index contributed by atoms with van der Waals surface area (Å²) in [4.78, 5) is 0. The molecule has 0 saturated heterocycles. The van der Waals surface area contributed by atoms with Gasteiger partial charge in [0.1, 0.15) is 0 Å². The Labute approximate surface area is 143 Å². The third-order valence-electron chi connectivity index (χ3n) is 3.81. The van der Waals surface area contributed by atoms with Crippen LogP contribution < -0.4 is 15.2 Å². The van der Waals surface area contributed by atoms with Gasteiger partial charge in [-0.25, -0.2) is 0 Å². The second kappa shape index (κ2) is 8.70. The van der Waals surface area contributed by atoms with Crippen LogP contribution in [-0.2, 0) is 6.54 Å². The van der Waals surface area contributed by atoms with Crippen LogP contribution in [0.2, 0.25) is 0 Å². The van der Waals surface area contributed by atoms with Gasteiger partial charge in [0.25, 0.3) is 0 Å². The molecule has 0 fully saturated rings. The van der Waals surface area contributed by atoms with Crippen LogP contribution in [0.5, 0.6) is 11.5 Å². The second-order valence-electron chi connectivity index (χ2n) is 5.52. The predicted octanol–water partition coefficient (Wildman–Crippen LogP) is 2.07. The van der Waals surface area contributed by atoms with E-state index in [2.05, 4.69) is 5.10 Å². The van der Waals surface area contributed by atoms with Gasteiger partial charge in [0.2, 0.25) is 0 Å². The smallest absolute Gasteiger partial charge is 0.161 e. The van der Waals surface area contributed by atoms with E-state index in [1.54, 1.807) is 0 Å². The number of hydrogen-bond acceptors (Lipinski definition) is 5. The number of aryl methyl sites for hydroxylation is 1. The highest BCUT2D eigenvalue weighted by atomic mass is 16.5. The van der Waals surface area contributed by atoms with Gasteiger partial charge in [-0.15, -0.1) is 0 Å². The van der Waals surface area contributed by atoms with Crippen LogP contribution in [-0.4, -0.2) is 41.3 Å². The Morgan fingerprint density at radius 1 is 1.17 bits per heavy atom. The maximum absolute atomic E-state index is 9.26. The summed E-state index contributed by atoms with van der Waals surface area (Å²) in [5.74, 6) is 1.44. The van der Waals surface area contributed by atoms with Crippen molar-refractivity contribution in [3.63, 3.8) is 0 Å². The minimum Gasteiger partial charge on any atom is -0.490 e. The molecule has 0 saturated carbocycles. The number of ether oxygens (including phenoxy) is 2. The maximum atomic E-state index is 9.26. The van der Waals surface area contributed by atoms with Crippen molar-refractivity contribution >= 4 is 0 Å². The van der Waals surface area contributed by atoms with Crippen LogP contribution in [0.25, 0.3) is 0 Å². The number of aromatic nitrogens is 2. The molecule has 132 valence electrons. The zero-order chi connectivity index (χ0) is 17.5. The molecule has 0 aliphatic carbocycles. The third-order valence-corrected chi connectivity index (χ3v) is 3.81. The largest absolute Gasteiger partial charge is 0.490 e. The summed E-state index contributed by atoms with van der Waals surface area (Å²) in [5.41, 5.74) is 9.01. The van der Waals surface area contributed by atoms with E-state index in [9.17, 15) is 5.11 Å². The van der Waals surface area contributed by atoms with Crippen molar-refractivity contribution in [2.24, 2.45) is 5.73 Å². The lowest BCUT2D eigenvalue weighted by atomic mass is 9.95. The van der Waals surface area contributed by atoms with Crippen molar-refractivity contribution in [2.45, 2.75) is 33.2 Å². The van der Waals surface area contributed by atoms with Crippen molar-refractivity contribution < 1.29 is 14.6 Å². The fourth-order valence-corrected chi connectivity index (χ4v) is 2.83. The van der Waals surface area contributed by atoms with E-state index >= 15 is 0 Å². The van der Waals surface area contributed by atoms with Crippen LogP contribution in [0.4, 0.5) is 0 Å². The first kappa shape index (κ1) is 18.3. The molecule has 0 aliphatic heterocycles. The first-order valence-corrected chi connectivity index (χ1v) is 8.39. The molecular weight excluding hydrogens is 306 g/mol. The van der Waals surface area contributed by atoms with Gasteiger partial charge < -0.3 is 20.3 Å². The van der Waals surface area contributed by atoms with Gasteiger partial charge in [-0.3, -0.25) is 4.68 Å². The van der Waals surface area contributed by atoms with Gasteiger partial charge in [0.05, 0.1) is 32.1 Å². The SMILES string of the molecule is CCOc1ccc(C(CN)c2cc(C)nn2CCO)cc1OCC. The first-order valence-electron chi connectivity index (χ1n) is 8.39. The highest BCUT2D eigenvalue weighted by molar-refractivity contribution is 5.46. The van der Waals surface area contributed by atoms with Gasteiger partial charge in [-0.2, -0.15) is 5.10 Å². The van der Waals surface area contributed by atoms with Crippen molar-refractivity contribution in [2.75, 3.05) is 26.4 Å². The quantitative estimate of drug-likeness (QED) is 0.734. The van der Waals surface area contributed by atoms with Gasteiger partial charge in [0, 0.05) is 18.2 Å². The number of aliphatic hydroxyl groups excluding tert-OH is 1. The van der Waals surface area contributed by atoms with E-state index in [1.807, 2.05) is 49.7 Å². The summed E-state index contributed by atoms with van der Waals surface area (Å²) in [6.45, 7) is 7.92. The van der Waals surface area contributed by atoms with Crippen LogP contribution in [0.3, 0.4) is 0 Å². The van der Waals surface area contributed by atoms with Gasteiger partial charge in [-0.1, -0.05) is 6.07 Å². The van der Waals surface area contributed by atoms with Gasteiger partial charge in [0.15, 0.2) is 11.5 Å². The molecule has 0 spiro atoms. The Kier molecular flexibility index (Phi) is 6.63. The number of benzene rings is 1. The number of nitrogens with zero attached hydrogens (tertiary/aromatic N) is 2. The maximum Gasteiger partial charge on any atom is 0.161 e. The average molecular weight is 333 g/mol. The van der Waals surface area contributed by atoms with E-state index < -0.39 is 0 Å². The topological polar surface area (TPSA) is 82.5 Å². The highest BCUT2D eigenvalue weighted by Crippen LogP contribution is 2.33. The highest BCUT2D eigenvalue weighted by Gasteiger charge is 2.20. The molecule has 1 atom stereocenters. The summed E-state index contributed by atoms with van der Waals surface area (Å²) in [6.07, 6.45) is 0. The van der Waals surface area contributed by atoms with Crippen LogP contribution in [0.15, 0.2) is 24.3 Å². The second-order valence-corrected chi connectivity index (χ2v) is 5.52. The molecule has 2 aromatic rings. The van der Waals surface area contributed by atoms with Crippen LogP contribution in [0, 0.1) is 6.92 Å². The number of rotatable bonds is 9. The van der Waals surface area contributed by atoms with Crippen molar-refractivity contribution in [1.82, 2.24) is 9.78 Å². The number of hydrogen-bond donors (Lipinski definition) is 2. The zero-order valence-corrected chi connectivity index (χ0v) is 14.7. The van der Waals surface area contributed by atoms with Crippen LogP contribution >= 0.6 is 0 Å². The molecule has 1 aromatic heterocycles. The molecule has 0 radical (unpaired) electrons. The Morgan fingerprint density at radius 2 is 1.88 bits per heavy atom.